The maximum atomic E-state index is 4.60. The molecule has 9 heavy (non-hydrogen) atoms. The minimum Gasteiger partial charge on any atom is -0.231 e. The number of fused-ring (bicyclic) bond motifs is 2. The molecule has 49 valence electrons. The number of hydrogen-bond acceptors (Lipinski definition) is 0. The fourth-order valence-corrected chi connectivity index (χ4v) is 1.70. The predicted molar refractivity (Wildman–Crippen MR) is 37.3 cm³/mol. The van der Waals surface area contributed by atoms with Crippen molar-refractivity contribution in [1.82, 2.24) is 5.32 Å². The van der Waals surface area contributed by atoms with Crippen molar-refractivity contribution < 1.29 is 0 Å². The van der Waals surface area contributed by atoms with Crippen LogP contribution in [-0.2, 0) is 0 Å². The van der Waals surface area contributed by atoms with Gasteiger partial charge in [0.2, 0.25) is 0 Å². The standard InChI is InChI=1S/C8H12N/c1-3-7-5-2-6-8(4-1)9-7/h1,3,7-8H,2,4-6H2. The van der Waals surface area contributed by atoms with E-state index < -0.39 is 0 Å². The molecule has 2 atom stereocenters. The molecule has 1 fully saturated rings. The second-order valence-corrected chi connectivity index (χ2v) is 2.97. The van der Waals surface area contributed by atoms with Crippen molar-refractivity contribution in [2.45, 2.75) is 37.8 Å². The molecule has 1 radical (unpaired) electrons. The summed E-state index contributed by atoms with van der Waals surface area (Å²) < 4.78 is 0. The summed E-state index contributed by atoms with van der Waals surface area (Å²) in [5, 5.41) is 4.60. The van der Waals surface area contributed by atoms with Gasteiger partial charge in [0, 0.05) is 12.1 Å². The lowest BCUT2D eigenvalue weighted by Crippen LogP contribution is -2.37. The van der Waals surface area contributed by atoms with E-state index in [1.54, 1.807) is 0 Å². The third-order valence-electron chi connectivity index (χ3n) is 2.21. The molecule has 1 saturated heterocycles. The molecule has 2 heterocycles. The van der Waals surface area contributed by atoms with Gasteiger partial charge in [-0.05, 0) is 25.7 Å². The van der Waals surface area contributed by atoms with Crippen LogP contribution in [0.15, 0.2) is 12.2 Å². The van der Waals surface area contributed by atoms with Gasteiger partial charge in [-0.25, -0.2) is 5.32 Å². The minimum atomic E-state index is 0.595. The summed E-state index contributed by atoms with van der Waals surface area (Å²) in [5.41, 5.74) is 0. The van der Waals surface area contributed by atoms with E-state index in [0.29, 0.717) is 12.1 Å². The summed E-state index contributed by atoms with van der Waals surface area (Å²) in [6.07, 6.45) is 9.78. The van der Waals surface area contributed by atoms with Crippen molar-refractivity contribution in [2.24, 2.45) is 0 Å². The normalized spacial score (nSPS) is 40.9. The van der Waals surface area contributed by atoms with E-state index in [9.17, 15) is 0 Å². The second-order valence-electron chi connectivity index (χ2n) is 2.97. The van der Waals surface area contributed by atoms with Crippen LogP contribution >= 0.6 is 0 Å². The number of rotatable bonds is 0. The molecule has 0 spiro atoms. The first kappa shape index (κ1) is 5.48. The van der Waals surface area contributed by atoms with E-state index in [4.69, 9.17) is 0 Å². The van der Waals surface area contributed by atoms with Crippen LogP contribution in [0.5, 0.6) is 0 Å². The van der Waals surface area contributed by atoms with Gasteiger partial charge in [-0.2, -0.15) is 0 Å². The highest BCUT2D eigenvalue weighted by atomic mass is 15.0. The Hall–Kier alpha value is -0.300. The largest absolute Gasteiger partial charge is 0.231 e. The zero-order valence-electron chi connectivity index (χ0n) is 5.59. The van der Waals surface area contributed by atoms with Gasteiger partial charge >= 0.3 is 0 Å². The molecule has 0 aromatic rings. The molecule has 2 bridgehead atoms. The smallest absolute Gasteiger partial charge is 0.0429 e. The lowest BCUT2D eigenvalue weighted by molar-refractivity contribution is 0.334. The van der Waals surface area contributed by atoms with Crippen molar-refractivity contribution >= 4 is 0 Å². The van der Waals surface area contributed by atoms with Crippen molar-refractivity contribution in [3.05, 3.63) is 12.2 Å². The van der Waals surface area contributed by atoms with Crippen LogP contribution in [0, 0.1) is 0 Å². The molecule has 2 aliphatic heterocycles. The highest BCUT2D eigenvalue weighted by Gasteiger charge is 2.22. The van der Waals surface area contributed by atoms with Gasteiger partial charge in [-0.1, -0.05) is 12.2 Å². The maximum Gasteiger partial charge on any atom is 0.0429 e. The van der Waals surface area contributed by atoms with E-state index in [2.05, 4.69) is 17.5 Å². The molecular weight excluding hydrogens is 110 g/mol. The van der Waals surface area contributed by atoms with Gasteiger partial charge in [-0.3, -0.25) is 0 Å². The highest BCUT2D eigenvalue weighted by molar-refractivity contribution is 5.03. The van der Waals surface area contributed by atoms with E-state index >= 15 is 0 Å². The van der Waals surface area contributed by atoms with Gasteiger partial charge in [0.25, 0.3) is 0 Å². The maximum absolute atomic E-state index is 4.60. The quantitative estimate of drug-likeness (QED) is 0.432. The third-order valence-corrected chi connectivity index (χ3v) is 2.21. The Balaban J connectivity index is 2.09. The minimum absolute atomic E-state index is 0.595. The van der Waals surface area contributed by atoms with Crippen LogP contribution in [-0.4, -0.2) is 12.1 Å². The number of hydrogen-bond donors (Lipinski definition) is 0. The first-order valence-electron chi connectivity index (χ1n) is 3.82. The Kier molecular flexibility index (Phi) is 1.31. The topological polar surface area (TPSA) is 14.1 Å². The number of nitrogens with zero attached hydrogens (tertiary/aromatic N) is 1. The molecular formula is C8H12N. The Morgan fingerprint density at radius 1 is 1.33 bits per heavy atom. The molecule has 1 heteroatoms. The van der Waals surface area contributed by atoms with Gasteiger partial charge in [-0.15, -0.1) is 0 Å². The van der Waals surface area contributed by atoms with E-state index in [0.717, 1.165) is 0 Å². The lowest BCUT2D eigenvalue weighted by atomic mass is 9.92. The fraction of sp³-hybridized carbons (Fsp3) is 0.750. The summed E-state index contributed by atoms with van der Waals surface area (Å²) in [6, 6.07) is 1.28. The highest BCUT2D eigenvalue weighted by Crippen LogP contribution is 2.21. The third kappa shape index (κ3) is 1.01. The molecule has 1 nitrogen and oxygen atoms in total. The van der Waals surface area contributed by atoms with Crippen molar-refractivity contribution in [3.8, 4) is 0 Å². The van der Waals surface area contributed by atoms with Crippen LogP contribution in [0.1, 0.15) is 25.7 Å². The van der Waals surface area contributed by atoms with Gasteiger partial charge in [0.15, 0.2) is 0 Å². The average molecular weight is 122 g/mol. The second kappa shape index (κ2) is 2.14. The molecule has 0 aliphatic carbocycles. The Morgan fingerprint density at radius 2 is 2.33 bits per heavy atom. The molecule has 2 rings (SSSR count). The van der Waals surface area contributed by atoms with E-state index in [-0.39, 0.29) is 0 Å². The van der Waals surface area contributed by atoms with Gasteiger partial charge in [0.05, 0.1) is 0 Å². The average Bonchev–Trinajstić information content (AvgIpc) is 1.88. The monoisotopic (exact) mass is 122 g/mol. The number of piperidine rings is 1. The summed E-state index contributed by atoms with van der Waals surface area (Å²) in [6.45, 7) is 0. The molecule has 0 N–H and O–H groups in total. The van der Waals surface area contributed by atoms with Gasteiger partial charge in [0.1, 0.15) is 0 Å². The molecule has 2 aliphatic rings. The molecule has 0 amide bonds. The van der Waals surface area contributed by atoms with Crippen LogP contribution in [0.4, 0.5) is 0 Å². The Bertz CT molecular complexity index is 129. The predicted octanol–water partition coefficient (Wildman–Crippen LogP) is 1.47. The first-order chi connectivity index (χ1) is 4.45. The van der Waals surface area contributed by atoms with Crippen molar-refractivity contribution in [2.75, 3.05) is 0 Å². The lowest BCUT2D eigenvalue weighted by Gasteiger charge is -2.29. The Labute approximate surface area is 56.1 Å². The summed E-state index contributed by atoms with van der Waals surface area (Å²) >= 11 is 0. The van der Waals surface area contributed by atoms with Gasteiger partial charge < -0.3 is 0 Å². The summed E-state index contributed by atoms with van der Waals surface area (Å²) in [5.74, 6) is 0. The summed E-state index contributed by atoms with van der Waals surface area (Å²) in [7, 11) is 0. The summed E-state index contributed by atoms with van der Waals surface area (Å²) in [4.78, 5) is 0. The zero-order chi connectivity index (χ0) is 6.10. The SMILES string of the molecule is C1=CC2CCCC(C1)[N]2. The molecule has 0 aromatic carbocycles. The van der Waals surface area contributed by atoms with Crippen molar-refractivity contribution in [3.63, 3.8) is 0 Å². The van der Waals surface area contributed by atoms with Crippen LogP contribution in [0.2, 0.25) is 0 Å². The van der Waals surface area contributed by atoms with Crippen molar-refractivity contribution in [1.29, 1.82) is 0 Å². The van der Waals surface area contributed by atoms with E-state index in [1.165, 1.54) is 25.7 Å². The fourth-order valence-electron chi connectivity index (χ4n) is 1.70. The van der Waals surface area contributed by atoms with Crippen LogP contribution in [0.3, 0.4) is 0 Å². The van der Waals surface area contributed by atoms with Crippen LogP contribution < -0.4 is 5.32 Å². The molecule has 2 unspecified atom stereocenters. The Morgan fingerprint density at radius 3 is 3.11 bits per heavy atom. The van der Waals surface area contributed by atoms with E-state index in [1.807, 2.05) is 0 Å². The first-order valence-corrected chi connectivity index (χ1v) is 3.82. The zero-order valence-corrected chi connectivity index (χ0v) is 5.59. The molecule has 0 saturated carbocycles. The van der Waals surface area contributed by atoms with Crippen LogP contribution in [0.25, 0.3) is 0 Å². The molecule has 0 aromatic heterocycles.